The number of hydrogen-bond acceptors (Lipinski definition) is 3. The van der Waals surface area contributed by atoms with Gasteiger partial charge < -0.3 is 10.6 Å². The van der Waals surface area contributed by atoms with Crippen LogP contribution in [-0.2, 0) is 11.3 Å². The van der Waals surface area contributed by atoms with Crippen LogP contribution < -0.4 is 10.6 Å². The Morgan fingerprint density at radius 3 is 2.87 bits per heavy atom. The molecule has 1 aromatic carbocycles. The maximum atomic E-state index is 11.9. The Labute approximate surface area is 146 Å². The third kappa shape index (κ3) is 4.70. The van der Waals surface area contributed by atoms with Gasteiger partial charge in [0.15, 0.2) is 0 Å². The number of benzene rings is 1. The second-order valence-corrected chi connectivity index (χ2v) is 5.93. The molecule has 23 heavy (non-hydrogen) atoms. The van der Waals surface area contributed by atoms with Crippen molar-refractivity contribution in [2.75, 3.05) is 6.54 Å². The van der Waals surface area contributed by atoms with Crippen molar-refractivity contribution in [3.8, 4) is 5.69 Å². The Morgan fingerprint density at radius 2 is 2.09 bits per heavy atom. The van der Waals surface area contributed by atoms with Gasteiger partial charge in [0.1, 0.15) is 0 Å². The van der Waals surface area contributed by atoms with Gasteiger partial charge in [-0.1, -0.05) is 11.6 Å². The van der Waals surface area contributed by atoms with Crippen molar-refractivity contribution >= 4 is 29.9 Å². The van der Waals surface area contributed by atoms with Gasteiger partial charge in [0.05, 0.1) is 17.9 Å². The molecule has 1 fully saturated rings. The third-order valence-electron chi connectivity index (χ3n) is 3.82. The molecular formula is C16H20Cl2N4O. The molecule has 2 N–H and O–H groups in total. The van der Waals surface area contributed by atoms with Crippen LogP contribution in [0.5, 0.6) is 0 Å². The molecule has 0 radical (unpaired) electrons. The summed E-state index contributed by atoms with van der Waals surface area (Å²) in [6, 6.07) is 7.41. The molecule has 124 valence electrons. The molecule has 1 aromatic heterocycles. The lowest BCUT2D eigenvalue weighted by atomic mass is 10.1. The van der Waals surface area contributed by atoms with Crippen LogP contribution in [0, 0.1) is 0 Å². The molecular weight excluding hydrogens is 335 g/mol. The fraction of sp³-hybridized carbons (Fsp3) is 0.375. The fourth-order valence-corrected chi connectivity index (χ4v) is 2.69. The molecule has 0 spiro atoms. The molecule has 2 aromatic rings. The summed E-state index contributed by atoms with van der Waals surface area (Å²) in [6.45, 7) is 1.41. The van der Waals surface area contributed by atoms with E-state index in [0.29, 0.717) is 11.6 Å². The number of halogens is 2. The van der Waals surface area contributed by atoms with Gasteiger partial charge in [-0.15, -0.1) is 12.4 Å². The van der Waals surface area contributed by atoms with Gasteiger partial charge in [0.25, 0.3) is 0 Å². The van der Waals surface area contributed by atoms with Crippen molar-refractivity contribution in [3.63, 3.8) is 0 Å². The minimum atomic E-state index is -0.110. The van der Waals surface area contributed by atoms with E-state index in [0.717, 1.165) is 37.1 Å². The Bertz CT molecular complexity index is 642. The number of hydrogen-bond donors (Lipinski definition) is 2. The average Bonchev–Trinajstić information content (AvgIpc) is 2.90. The van der Waals surface area contributed by atoms with E-state index in [1.54, 1.807) is 4.68 Å². The summed E-state index contributed by atoms with van der Waals surface area (Å²) in [7, 11) is 0. The molecule has 1 unspecified atom stereocenters. The molecule has 0 bridgehead atoms. The van der Waals surface area contributed by atoms with Crippen LogP contribution in [-0.4, -0.2) is 28.3 Å². The number of carbonyl (C=O) groups is 1. The van der Waals surface area contributed by atoms with Crippen LogP contribution in [0.25, 0.3) is 5.69 Å². The highest BCUT2D eigenvalue weighted by Crippen LogP contribution is 2.13. The van der Waals surface area contributed by atoms with Crippen molar-refractivity contribution in [3.05, 3.63) is 47.2 Å². The Kier molecular flexibility index (Phi) is 6.45. The summed E-state index contributed by atoms with van der Waals surface area (Å²) < 4.78 is 1.81. The highest BCUT2D eigenvalue weighted by atomic mass is 35.5. The molecule has 5 nitrogen and oxygen atoms in total. The number of nitrogens with one attached hydrogen (secondary N) is 2. The summed E-state index contributed by atoms with van der Waals surface area (Å²) in [5.74, 6) is 0.0996. The van der Waals surface area contributed by atoms with E-state index >= 15 is 0 Å². The topological polar surface area (TPSA) is 59.0 Å². The number of rotatable bonds is 4. The predicted octanol–water partition coefficient (Wildman–Crippen LogP) is 2.71. The SMILES string of the molecule is Cl.O=C1NCCCCC1NCc1cnn(-c2ccc(Cl)cc2)c1. The highest BCUT2D eigenvalue weighted by Gasteiger charge is 2.19. The van der Waals surface area contributed by atoms with Crippen LogP contribution in [0.1, 0.15) is 24.8 Å². The summed E-state index contributed by atoms with van der Waals surface area (Å²) in [4.78, 5) is 11.9. The molecule has 3 rings (SSSR count). The van der Waals surface area contributed by atoms with E-state index < -0.39 is 0 Å². The third-order valence-corrected chi connectivity index (χ3v) is 4.07. The number of amides is 1. The minimum Gasteiger partial charge on any atom is -0.355 e. The minimum absolute atomic E-state index is 0. The first-order valence-corrected chi connectivity index (χ1v) is 7.91. The molecule has 1 saturated heterocycles. The van der Waals surface area contributed by atoms with Crippen molar-refractivity contribution in [2.45, 2.75) is 31.8 Å². The maximum absolute atomic E-state index is 11.9. The van der Waals surface area contributed by atoms with E-state index in [9.17, 15) is 4.79 Å². The zero-order valence-corrected chi connectivity index (χ0v) is 14.2. The van der Waals surface area contributed by atoms with Gasteiger partial charge >= 0.3 is 0 Å². The van der Waals surface area contributed by atoms with Gasteiger partial charge in [0, 0.05) is 29.9 Å². The van der Waals surface area contributed by atoms with Crippen LogP contribution in [0.2, 0.25) is 5.02 Å². The highest BCUT2D eigenvalue weighted by molar-refractivity contribution is 6.30. The quantitative estimate of drug-likeness (QED) is 0.887. The summed E-state index contributed by atoms with van der Waals surface area (Å²) in [5, 5.41) is 11.3. The fourth-order valence-electron chi connectivity index (χ4n) is 2.56. The zero-order chi connectivity index (χ0) is 15.4. The van der Waals surface area contributed by atoms with Crippen molar-refractivity contribution < 1.29 is 4.79 Å². The molecule has 1 aliphatic heterocycles. The monoisotopic (exact) mass is 354 g/mol. The molecule has 0 aliphatic carbocycles. The van der Waals surface area contributed by atoms with Crippen LogP contribution >= 0.6 is 24.0 Å². The van der Waals surface area contributed by atoms with Crippen molar-refractivity contribution in [1.29, 1.82) is 0 Å². The van der Waals surface area contributed by atoms with Gasteiger partial charge in [0.2, 0.25) is 5.91 Å². The normalized spacial score (nSPS) is 18.0. The number of aromatic nitrogens is 2. The average molecular weight is 355 g/mol. The van der Waals surface area contributed by atoms with E-state index in [1.807, 2.05) is 36.7 Å². The summed E-state index contributed by atoms with van der Waals surface area (Å²) in [6.07, 6.45) is 6.79. The molecule has 2 heterocycles. The van der Waals surface area contributed by atoms with Gasteiger partial charge in [-0.05, 0) is 43.5 Å². The first kappa shape index (κ1) is 17.8. The molecule has 1 atom stereocenters. The van der Waals surface area contributed by atoms with E-state index in [2.05, 4.69) is 15.7 Å². The van der Waals surface area contributed by atoms with E-state index in [1.165, 1.54) is 0 Å². The standard InChI is InChI=1S/C16H19ClN4O.ClH/c17-13-4-6-14(7-5-13)21-11-12(10-20-21)9-19-15-3-1-2-8-18-16(15)22;/h4-7,10-11,15,19H,1-3,8-9H2,(H,18,22);1H. The zero-order valence-electron chi connectivity index (χ0n) is 12.7. The first-order valence-electron chi connectivity index (χ1n) is 7.53. The lowest BCUT2D eigenvalue weighted by molar-refractivity contribution is -0.122. The van der Waals surface area contributed by atoms with Crippen molar-refractivity contribution in [2.24, 2.45) is 0 Å². The van der Waals surface area contributed by atoms with Gasteiger partial charge in [-0.3, -0.25) is 4.79 Å². The van der Waals surface area contributed by atoms with Crippen LogP contribution in [0.4, 0.5) is 0 Å². The summed E-state index contributed by atoms with van der Waals surface area (Å²) in [5.41, 5.74) is 2.01. The van der Waals surface area contributed by atoms with E-state index in [-0.39, 0.29) is 24.4 Å². The van der Waals surface area contributed by atoms with Gasteiger partial charge in [-0.2, -0.15) is 5.10 Å². The second-order valence-electron chi connectivity index (χ2n) is 5.49. The molecule has 1 aliphatic rings. The molecule has 7 heteroatoms. The van der Waals surface area contributed by atoms with E-state index in [4.69, 9.17) is 11.6 Å². The lowest BCUT2D eigenvalue weighted by Crippen LogP contribution is -2.42. The second kappa shape index (κ2) is 8.34. The largest absolute Gasteiger partial charge is 0.355 e. The predicted molar refractivity (Wildman–Crippen MR) is 93.3 cm³/mol. The number of nitrogens with zero attached hydrogens (tertiary/aromatic N) is 2. The molecule has 1 amide bonds. The Balaban J connectivity index is 0.00000192. The molecule has 0 saturated carbocycles. The Morgan fingerprint density at radius 1 is 1.30 bits per heavy atom. The summed E-state index contributed by atoms with van der Waals surface area (Å²) >= 11 is 5.89. The first-order chi connectivity index (χ1) is 10.7. The van der Waals surface area contributed by atoms with Crippen LogP contribution in [0.15, 0.2) is 36.7 Å². The van der Waals surface area contributed by atoms with Crippen molar-refractivity contribution in [1.82, 2.24) is 20.4 Å². The van der Waals surface area contributed by atoms with Crippen LogP contribution in [0.3, 0.4) is 0 Å². The smallest absolute Gasteiger partial charge is 0.237 e. The Hall–Kier alpha value is -1.56. The lowest BCUT2D eigenvalue weighted by Gasteiger charge is -2.14. The van der Waals surface area contributed by atoms with Gasteiger partial charge in [-0.25, -0.2) is 4.68 Å². The maximum Gasteiger partial charge on any atom is 0.237 e. The number of carbonyl (C=O) groups excluding carboxylic acids is 1.